The molecule has 178 valence electrons. The van der Waals surface area contributed by atoms with Crippen molar-refractivity contribution in [3.8, 4) is 0 Å². The van der Waals surface area contributed by atoms with E-state index in [9.17, 15) is 4.79 Å². The van der Waals surface area contributed by atoms with Crippen LogP contribution in [0.5, 0.6) is 0 Å². The zero-order chi connectivity index (χ0) is 23.6. The normalized spacial score (nSPS) is 23.6. The van der Waals surface area contributed by atoms with Gasteiger partial charge in [0, 0.05) is 17.0 Å². The molecular formula is C26H34ClN3O3. The molecule has 1 aromatic carbocycles. The summed E-state index contributed by atoms with van der Waals surface area (Å²) in [5.74, 6) is 0.861. The van der Waals surface area contributed by atoms with Crippen molar-refractivity contribution in [1.82, 2.24) is 10.6 Å². The van der Waals surface area contributed by atoms with Gasteiger partial charge in [0.1, 0.15) is 5.58 Å². The molecule has 0 radical (unpaired) electrons. The lowest BCUT2D eigenvalue weighted by Crippen LogP contribution is -2.52. The van der Waals surface area contributed by atoms with Crippen LogP contribution in [0.4, 0.5) is 5.69 Å². The number of benzene rings is 1. The maximum absolute atomic E-state index is 13.3. The fourth-order valence-corrected chi connectivity index (χ4v) is 6.61. The van der Waals surface area contributed by atoms with Crippen LogP contribution < -0.4 is 16.0 Å². The number of amides is 1. The van der Waals surface area contributed by atoms with Crippen molar-refractivity contribution in [2.24, 2.45) is 0 Å². The Morgan fingerprint density at radius 3 is 2.45 bits per heavy atom. The standard InChI is InChI=1S/C26H34ClN3O3/c1-15-28-21-18(27)11-16-12-19(23(31)29-17-13-24(2,3)33-25(4,5)14-17)32-22(16)20(21)26(30-15)9-7-6-8-10-26/h11-12,17,28,30H,1,6-10,13-14H2,2-5H3,(H,29,31). The number of rotatable bonds is 2. The quantitative estimate of drug-likeness (QED) is 0.486. The molecule has 7 heteroatoms. The van der Waals surface area contributed by atoms with Crippen molar-refractivity contribution < 1.29 is 13.9 Å². The molecule has 1 aliphatic carbocycles. The molecule has 2 fully saturated rings. The SMILES string of the molecule is C=C1Nc2c(Cl)cc3cc(C(=O)NC4CC(C)(C)OC(C)(C)C4)oc3c2C2(CCCCC2)N1. The predicted octanol–water partition coefficient (Wildman–Crippen LogP) is 6.20. The summed E-state index contributed by atoms with van der Waals surface area (Å²) in [7, 11) is 0. The van der Waals surface area contributed by atoms with Crippen molar-refractivity contribution in [3.63, 3.8) is 0 Å². The van der Waals surface area contributed by atoms with Crippen LogP contribution in [0.25, 0.3) is 11.0 Å². The second-order valence-corrected chi connectivity index (χ2v) is 11.6. The van der Waals surface area contributed by atoms with Crippen LogP contribution in [0.3, 0.4) is 0 Å². The van der Waals surface area contributed by atoms with Gasteiger partial charge in [-0.25, -0.2) is 0 Å². The summed E-state index contributed by atoms with van der Waals surface area (Å²) in [4.78, 5) is 13.3. The maximum atomic E-state index is 13.3. The van der Waals surface area contributed by atoms with E-state index >= 15 is 0 Å². The van der Waals surface area contributed by atoms with Gasteiger partial charge in [-0.3, -0.25) is 4.79 Å². The van der Waals surface area contributed by atoms with E-state index in [2.05, 4.69) is 50.2 Å². The number of fused-ring (bicyclic) bond motifs is 4. The number of furan rings is 1. The Morgan fingerprint density at radius 2 is 1.79 bits per heavy atom. The molecule has 1 spiro atoms. The van der Waals surface area contributed by atoms with Gasteiger partial charge in [-0.2, -0.15) is 0 Å². The number of carbonyl (C=O) groups excluding carboxylic acids is 1. The molecule has 1 saturated carbocycles. The minimum atomic E-state index is -0.298. The number of halogens is 1. The molecule has 2 aliphatic heterocycles. The largest absolute Gasteiger partial charge is 0.450 e. The van der Waals surface area contributed by atoms with Crippen LogP contribution in [-0.2, 0) is 10.3 Å². The molecule has 6 nitrogen and oxygen atoms in total. The predicted molar refractivity (Wildman–Crippen MR) is 132 cm³/mol. The van der Waals surface area contributed by atoms with Gasteiger partial charge < -0.3 is 25.1 Å². The van der Waals surface area contributed by atoms with Gasteiger partial charge in [-0.05, 0) is 65.5 Å². The van der Waals surface area contributed by atoms with E-state index in [0.717, 1.165) is 66.6 Å². The smallest absolute Gasteiger partial charge is 0.287 e. The Bertz CT molecular complexity index is 1110. The van der Waals surface area contributed by atoms with Crippen molar-refractivity contribution in [2.75, 3.05) is 5.32 Å². The average molecular weight is 472 g/mol. The molecular weight excluding hydrogens is 438 g/mol. The highest BCUT2D eigenvalue weighted by Gasteiger charge is 2.43. The Kier molecular flexibility index (Phi) is 5.25. The highest BCUT2D eigenvalue weighted by Crippen LogP contribution is 2.49. The molecule has 33 heavy (non-hydrogen) atoms. The lowest BCUT2D eigenvalue weighted by atomic mass is 9.74. The van der Waals surface area contributed by atoms with E-state index < -0.39 is 0 Å². The van der Waals surface area contributed by atoms with Crippen molar-refractivity contribution in [2.45, 2.75) is 95.4 Å². The summed E-state index contributed by atoms with van der Waals surface area (Å²) >= 11 is 6.71. The van der Waals surface area contributed by atoms with Gasteiger partial charge in [-0.15, -0.1) is 0 Å². The molecule has 1 saturated heterocycles. The van der Waals surface area contributed by atoms with Crippen LogP contribution in [0, 0.1) is 0 Å². The van der Waals surface area contributed by atoms with Gasteiger partial charge in [0.05, 0.1) is 33.3 Å². The summed E-state index contributed by atoms with van der Waals surface area (Å²) < 4.78 is 12.4. The lowest BCUT2D eigenvalue weighted by molar-refractivity contribution is -0.162. The molecule has 1 amide bonds. The first-order valence-corrected chi connectivity index (χ1v) is 12.4. The number of carbonyl (C=O) groups is 1. The fraction of sp³-hybridized carbons (Fsp3) is 0.577. The Labute approximate surface area is 200 Å². The first kappa shape index (κ1) is 22.6. The fourth-order valence-electron chi connectivity index (χ4n) is 6.35. The van der Waals surface area contributed by atoms with Gasteiger partial charge in [0.15, 0.2) is 5.76 Å². The lowest BCUT2D eigenvalue weighted by Gasteiger charge is -2.45. The minimum Gasteiger partial charge on any atom is -0.450 e. The number of hydrogen-bond acceptors (Lipinski definition) is 5. The van der Waals surface area contributed by atoms with Crippen LogP contribution in [0.2, 0.25) is 5.02 Å². The summed E-state index contributed by atoms with van der Waals surface area (Å²) in [5, 5.41) is 11.5. The second kappa shape index (κ2) is 7.67. The number of anilines is 1. The molecule has 2 aromatic rings. The van der Waals surface area contributed by atoms with Crippen LogP contribution in [-0.4, -0.2) is 23.2 Å². The van der Waals surface area contributed by atoms with E-state index in [-0.39, 0.29) is 28.7 Å². The van der Waals surface area contributed by atoms with Gasteiger partial charge in [-0.1, -0.05) is 37.4 Å². The van der Waals surface area contributed by atoms with E-state index in [4.69, 9.17) is 20.8 Å². The van der Waals surface area contributed by atoms with Crippen molar-refractivity contribution in [1.29, 1.82) is 0 Å². The zero-order valence-electron chi connectivity index (χ0n) is 20.0. The molecule has 3 aliphatic rings. The highest BCUT2D eigenvalue weighted by molar-refractivity contribution is 6.34. The Balaban J connectivity index is 1.51. The van der Waals surface area contributed by atoms with E-state index in [0.29, 0.717) is 10.8 Å². The minimum absolute atomic E-state index is 0.0123. The maximum Gasteiger partial charge on any atom is 0.287 e. The van der Waals surface area contributed by atoms with Gasteiger partial charge in [0.25, 0.3) is 5.91 Å². The number of hydrogen-bond donors (Lipinski definition) is 3. The third-order valence-corrected chi connectivity index (χ3v) is 7.50. The van der Waals surface area contributed by atoms with E-state index in [1.165, 1.54) is 6.42 Å². The summed E-state index contributed by atoms with van der Waals surface area (Å²) in [5.41, 5.74) is 1.70. The first-order chi connectivity index (χ1) is 15.5. The van der Waals surface area contributed by atoms with Crippen LogP contribution in [0.15, 0.2) is 28.9 Å². The monoisotopic (exact) mass is 471 g/mol. The molecule has 0 atom stereocenters. The van der Waals surface area contributed by atoms with Gasteiger partial charge in [0.2, 0.25) is 0 Å². The molecule has 0 bridgehead atoms. The van der Waals surface area contributed by atoms with Crippen molar-refractivity contribution in [3.05, 3.63) is 40.9 Å². The summed E-state index contributed by atoms with van der Waals surface area (Å²) in [6, 6.07) is 3.70. The summed E-state index contributed by atoms with van der Waals surface area (Å²) in [6.45, 7) is 12.4. The molecule has 5 rings (SSSR count). The highest BCUT2D eigenvalue weighted by atomic mass is 35.5. The summed E-state index contributed by atoms with van der Waals surface area (Å²) in [6.07, 6.45) is 6.92. The van der Waals surface area contributed by atoms with Gasteiger partial charge >= 0.3 is 0 Å². The molecule has 3 heterocycles. The van der Waals surface area contributed by atoms with Crippen LogP contribution >= 0.6 is 11.6 Å². The second-order valence-electron chi connectivity index (χ2n) is 11.2. The number of ether oxygens (including phenoxy) is 1. The molecule has 0 unspecified atom stereocenters. The average Bonchev–Trinajstić information content (AvgIpc) is 3.09. The van der Waals surface area contributed by atoms with Crippen molar-refractivity contribution >= 4 is 34.2 Å². The zero-order valence-corrected chi connectivity index (χ0v) is 20.7. The van der Waals surface area contributed by atoms with E-state index in [1.54, 1.807) is 0 Å². The number of nitrogens with one attached hydrogen (secondary N) is 3. The molecule has 1 aromatic heterocycles. The third kappa shape index (κ3) is 4.12. The Morgan fingerprint density at radius 1 is 1.12 bits per heavy atom. The third-order valence-electron chi connectivity index (χ3n) is 7.20. The van der Waals surface area contributed by atoms with Crippen LogP contribution in [0.1, 0.15) is 88.8 Å². The Hall–Kier alpha value is -2.18. The molecule has 3 N–H and O–H groups in total. The van der Waals surface area contributed by atoms with E-state index in [1.807, 2.05) is 12.1 Å². The first-order valence-electron chi connectivity index (χ1n) is 12.0. The topological polar surface area (TPSA) is 75.5 Å².